The second-order valence-electron chi connectivity index (χ2n) is 7.72. The van der Waals surface area contributed by atoms with Gasteiger partial charge in [-0.3, -0.25) is 14.7 Å². The van der Waals surface area contributed by atoms with Gasteiger partial charge < -0.3 is 4.90 Å². The Bertz CT molecular complexity index is 1030. The number of aryl methyl sites for hydroxylation is 1. The number of sulfone groups is 1. The van der Waals surface area contributed by atoms with Crippen LogP contribution in [0.4, 0.5) is 0 Å². The van der Waals surface area contributed by atoms with Gasteiger partial charge in [-0.1, -0.05) is 28.1 Å². The minimum absolute atomic E-state index is 0.00511. The lowest BCUT2D eigenvalue weighted by atomic mass is 10.1. The molecule has 1 aromatic carbocycles. The van der Waals surface area contributed by atoms with Crippen LogP contribution in [0.2, 0.25) is 0 Å². The molecule has 2 fully saturated rings. The highest BCUT2D eigenvalue weighted by Gasteiger charge is 2.34. The van der Waals surface area contributed by atoms with Crippen molar-refractivity contribution in [2.45, 2.75) is 19.4 Å². The molecule has 2 aromatic rings. The first-order valence-corrected chi connectivity index (χ1v) is 12.4. The van der Waals surface area contributed by atoms with Crippen molar-refractivity contribution in [2.24, 2.45) is 0 Å². The molecule has 1 unspecified atom stereocenters. The zero-order chi connectivity index (χ0) is 20.6. The van der Waals surface area contributed by atoms with E-state index >= 15 is 0 Å². The third kappa shape index (κ3) is 4.54. The fraction of sp³-hybridized carbons (Fsp3) is 0.429. The zero-order valence-corrected chi connectivity index (χ0v) is 18.7. The van der Waals surface area contributed by atoms with Crippen molar-refractivity contribution < 1.29 is 13.2 Å². The topological polar surface area (TPSA) is 70.6 Å². The number of piperazine rings is 1. The van der Waals surface area contributed by atoms with E-state index in [1.54, 1.807) is 0 Å². The summed E-state index contributed by atoms with van der Waals surface area (Å²) in [5, 5.41) is 0. The normalized spacial score (nSPS) is 22.0. The first kappa shape index (κ1) is 20.5. The minimum atomic E-state index is -2.89. The van der Waals surface area contributed by atoms with Crippen molar-refractivity contribution >= 4 is 31.7 Å². The van der Waals surface area contributed by atoms with Crippen LogP contribution >= 0.6 is 15.9 Å². The summed E-state index contributed by atoms with van der Waals surface area (Å²) in [6, 6.07) is 11.8. The molecule has 0 saturated carbocycles. The van der Waals surface area contributed by atoms with Crippen molar-refractivity contribution in [3.8, 4) is 11.3 Å². The van der Waals surface area contributed by atoms with Gasteiger partial charge in [0.15, 0.2) is 9.84 Å². The second kappa shape index (κ2) is 8.16. The number of amides is 1. The van der Waals surface area contributed by atoms with E-state index in [2.05, 4.69) is 25.8 Å². The Morgan fingerprint density at radius 3 is 2.52 bits per heavy atom. The standard InChI is InChI=1S/C21H24BrN3O3S/c1-15-19(5-6-20(23-15)16-3-2-4-17(22)13-16)21(26)25-10-8-24(9-11-25)18-7-12-29(27,28)14-18/h2-6,13,18H,7-12,14H2,1H3. The average molecular weight is 478 g/mol. The monoisotopic (exact) mass is 477 g/mol. The highest BCUT2D eigenvalue weighted by atomic mass is 79.9. The van der Waals surface area contributed by atoms with Gasteiger partial charge in [0.1, 0.15) is 0 Å². The van der Waals surface area contributed by atoms with E-state index in [4.69, 9.17) is 0 Å². The second-order valence-corrected chi connectivity index (χ2v) is 10.9. The van der Waals surface area contributed by atoms with Crippen molar-refractivity contribution in [1.29, 1.82) is 0 Å². The molecule has 0 spiro atoms. The highest BCUT2D eigenvalue weighted by Crippen LogP contribution is 2.24. The number of benzene rings is 1. The van der Waals surface area contributed by atoms with E-state index in [0.717, 1.165) is 21.4 Å². The molecule has 1 atom stereocenters. The SMILES string of the molecule is Cc1nc(-c2cccc(Br)c2)ccc1C(=O)N1CCN(C2CCS(=O)(=O)C2)CC1. The van der Waals surface area contributed by atoms with Crippen LogP contribution in [0.1, 0.15) is 22.5 Å². The third-order valence-electron chi connectivity index (χ3n) is 5.76. The third-order valence-corrected chi connectivity index (χ3v) is 8.01. The number of carbonyl (C=O) groups excluding carboxylic acids is 1. The molecule has 3 heterocycles. The summed E-state index contributed by atoms with van der Waals surface area (Å²) in [5.41, 5.74) is 3.19. The average Bonchev–Trinajstić information content (AvgIpc) is 3.07. The number of halogens is 1. The van der Waals surface area contributed by atoms with Gasteiger partial charge in [0.25, 0.3) is 5.91 Å². The molecule has 2 saturated heterocycles. The Labute approximate surface area is 180 Å². The maximum absolute atomic E-state index is 13.0. The molecule has 2 aliphatic rings. The van der Waals surface area contributed by atoms with Crippen LogP contribution in [-0.4, -0.2) is 72.8 Å². The van der Waals surface area contributed by atoms with Gasteiger partial charge in [-0.2, -0.15) is 0 Å². The van der Waals surface area contributed by atoms with E-state index < -0.39 is 9.84 Å². The molecule has 0 radical (unpaired) electrons. The minimum Gasteiger partial charge on any atom is -0.336 e. The first-order valence-electron chi connectivity index (χ1n) is 9.80. The maximum Gasteiger partial charge on any atom is 0.255 e. The maximum atomic E-state index is 13.0. The number of carbonyl (C=O) groups is 1. The van der Waals surface area contributed by atoms with Crippen molar-refractivity contribution in [1.82, 2.24) is 14.8 Å². The fourth-order valence-electron chi connectivity index (χ4n) is 4.12. The number of rotatable bonds is 3. The van der Waals surface area contributed by atoms with Crippen LogP contribution < -0.4 is 0 Å². The van der Waals surface area contributed by atoms with E-state index in [9.17, 15) is 13.2 Å². The van der Waals surface area contributed by atoms with Crippen LogP contribution in [0.3, 0.4) is 0 Å². The summed E-state index contributed by atoms with van der Waals surface area (Å²) in [7, 11) is -2.89. The smallest absolute Gasteiger partial charge is 0.255 e. The summed E-state index contributed by atoms with van der Waals surface area (Å²) >= 11 is 3.48. The van der Waals surface area contributed by atoms with E-state index in [1.165, 1.54) is 0 Å². The Morgan fingerprint density at radius 1 is 1.14 bits per heavy atom. The van der Waals surface area contributed by atoms with Crippen LogP contribution in [-0.2, 0) is 9.84 Å². The van der Waals surface area contributed by atoms with Gasteiger partial charge in [0.2, 0.25) is 0 Å². The Balaban J connectivity index is 1.42. The molecule has 8 heteroatoms. The van der Waals surface area contributed by atoms with Gasteiger partial charge in [0, 0.05) is 42.3 Å². The number of pyridine rings is 1. The number of nitrogens with zero attached hydrogens (tertiary/aromatic N) is 3. The van der Waals surface area contributed by atoms with Crippen molar-refractivity contribution in [2.75, 3.05) is 37.7 Å². The molecule has 154 valence electrons. The molecule has 1 aromatic heterocycles. The van der Waals surface area contributed by atoms with Gasteiger partial charge in [-0.15, -0.1) is 0 Å². The van der Waals surface area contributed by atoms with Crippen LogP contribution in [0.25, 0.3) is 11.3 Å². The predicted molar refractivity (Wildman–Crippen MR) is 117 cm³/mol. The molecule has 0 bridgehead atoms. The lowest BCUT2D eigenvalue weighted by Gasteiger charge is -2.37. The van der Waals surface area contributed by atoms with Gasteiger partial charge in [-0.05, 0) is 37.6 Å². The van der Waals surface area contributed by atoms with Crippen LogP contribution in [0.5, 0.6) is 0 Å². The summed E-state index contributed by atoms with van der Waals surface area (Å²) in [4.78, 5) is 21.7. The van der Waals surface area contributed by atoms with Gasteiger partial charge in [0.05, 0.1) is 28.5 Å². The molecule has 1 amide bonds. The number of hydrogen-bond donors (Lipinski definition) is 0. The van der Waals surface area contributed by atoms with Crippen LogP contribution in [0, 0.1) is 6.92 Å². The summed E-state index contributed by atoms with van der Waals surface area (Å²) in [6.07, 6.45) is 0.705. The fourth-order valence-corrected chi connectivity index (χ4v) is 6.28. The number of aromatic nitrogens is 1. The summed E-state index contributed by atoms with van der Waals surface area (Å²) < 4.78 is 24.4. The molecule has 0 aliphatic carbocycles. The molecule has 4 rings (SSSR count). The van der Waals surface area contributed by atoms with E-state index in [0.29, 0.717) is 38.2 Å². The lowest BCUT2D eigenvalue weighted by Crippen LogP contribution is -2.52. The summed E-state index contributed by atoms with van der Waals surface area (Å²) in [5.74, 6) is 0.530. The Hall–Kier alpha value is -1.77. The first-order chi connectivity index (χ1) is 13.8. The van der Waals surface area contributed by atoms with E-state index in [1.807, 2.05) is 48.2 Å². The van der Waals surface area contributed by atoms with Crippen molar-refractivity contribution in [3.63, 3.8) is 0 Å². The quantitative estimate of drug-likeness (QED) is 0.679. The predicted octanol–water partition coefficient (Wildman–Crippen LogP) is 2.76. The lowest BCUT2D eigenvalue weighted by molar-refractivity contribution is 0.0586. The molecule has 0 N–H and O–H groups in total. The molecule has 2 aliphatic heterocycles. The van der Waals surface area contributed by atoms with E-state index in [-0.39, 0.29) is 23.5 Å². The Morgan fingerprint density at radius 2 is 1.90 bits per heavy atom. The molecular formula is C21H24BrN3O3S. The zero-order valence-electron chi connectivity index (χ0n) is 16.3. The molecule has 6 nitrogen and oxygen atoms in total. The van der Waals surface area contributed by atoms with Crippen LogP contribution in [0.15, 0.2) is 40.9 Å². The largest absolute Gasteiger partial charge is 0.336 e. The van der Waals surface area contributed by atoms with Gasteiger partial charge >= 0.3 is 0 Å². The number of hydrogen-bond acceptors (Lipinski definition) is 5. The Kier molecular flexibility index (Phi) is 5.77. The summed E-state index contributed by atoms with van der Waals surface area (Å²) in [6.45, 7) is 4.53. The highest BCUT2D eigenvalue weighted by molar-refractivity contribution is 9.10. The molecular weight excluding hydrogens is 454 g/mol. The molecule has 29 heavy (non-hydrogen) atoms. The van der Waals surface area contributed by atoms with Gasteiger partial charge in [-0.25, -0.2) is 8.42 Å². The van der Waals surface area contributed by atoms with Crippen molar-refractivity contribution in [3.05, 3.63) is 52.1 Å².